The molecule has 100 valence electrons. The number of aromatic nitrogens is 2. The highest BCUT2D eigenvalue weighted by Gasteiger charge is 2.19. The van der Waals surface area contributed by atoms with E-state index in [1.54, 1.807) is 0 Å². The second kappa shape index (κ2) is 4.97. The monoisotopic (exact) mass is 264 g/mol. The molecule has 0 spiro atoms. The number of halogens is 1. The van der Waals surface area contributed by atoms with Crippen molar-refractivity contribution in [3.8, 4) is 11.5 Å². The first-order valence-electron chi connectivity index (χ1n) is 6.14. The molecule has 1 aromatic heterocycles. The molecule has 2 heterocycles. The third kappa shape index (κ3) is 2.58. The molecule has 1 atom stereocenters. The van der Waals surface area contributed by atoms with E-state index in [1.165, 1.54) is 28.9 Å². The quantitative estimate of drug-likeness (QED) is 0.846. The van der Waals surface area contributed by atoms with E-state index in [4.69, 9.17) is 9.15 Å². The van der Waals surface area contributed by atoms with Gasteiger partial charge < -0.3 is 9.15 Å². The lowest BCUT2D eigenvalue weighted by molar-refractivity contribution is 0.181. The molecule has 1 saturated heterocycles. The lowest BCUT2D eigenvalue weighted by atomic mass is 10.1. The van der Waals surface area contributed by atoms with E-state index < -0.39 is 5.76 Å². The van der Waals surface area contributed by atoms with Gasteiger partial charge in [0.05, 0.1) is 13.2 Å². The van der Waals surface area contributed by atoms with E-state index >= 15 is 0 Å². The highest BCUT2D eigenvalue weighted by atomic mass is 19.1. The minimum absolute atomic E-state index is 0.212. The maximum atomic E-state index is 12.8. The van der Waals surface area contributed by atoms with Crippen LogP contribution >= 0.6 is 0 Å². The van der Waals surface area contributed by atoms with E-state index in [0.717, 1.165) is 13.0 Å². The van der Waals surface area contributed by atoms with Gasteiger partial charge in [0.25, 0.3) is 0 Å². The fraction of sp³-hybridized carbons (Fsp3) is 0.385. The van der Waals surface area contributed by atoms with Crippen LogP contribution in [0, 0.1) is 11.7 Å². The Hall–Kier alpha value is -1.95. The van der Waals surface area contributed by atoms with Crippen molar-refractivity contribution in [2.75, 3.05) is 13.2 Å². The zero-order chi connectivity index (χ0) is 13.2. The maximum absolute atomic E-state index is 12.8. The first-order valence-corrected chi connectivity index (χ1v) is 6.14. The lowest BCUT2D eigenvalue weighted by Gasteiger charge is -2.04. The summed E-state index contributed by atoms with van der Waals surface area (Å²) in [7, 11) is 0. The van der Waals surface area contributed by atoms with Gasteiger partial charge in [0, 0.05) is 18.1 Å². The molecule has 0 saturated carbocycles. The molecule has 19 heavy (non-hydrogen) atoms. The van der Waals surface area contributed by atoms with Gasteiger partial charge in [-0.1, -0.05) is 0 Å². The van der Waals surface area contributed by atoms with Crippen LogP contribution in [0.15, 0.2) is 33.5 Å². The topological polar surface area (TPSA) is 57.3 Å². The van der Waals surface area contributed by atoms with E-state index in [0.29, 0.717) is 24.6 Å². The Kier molecular flexibility index (Phi) is 3.16. The van der Waals surface area contributed by atoms with Gasteiger partial charge in [0.2, 0.25) is 5.89 Å². The Morgan fingerprint density at radius 2 is 2.16 bits per heavy atom. The molecule has 1 unspecified atom stereocenters. The standard InChI is InChI=1S/C13H13FN2O3/c14-11-3-1-10(2-4-11)12-15-16(13(17)19-12)7-9-5-6-18-8-9/h1-4,9H,5-8H2. The minimum atomic E-state index is -0.494. The number of hydrogen-bond acceptors (Lipinski definition) is 4. The lowest BCUT2D eigenvalue weighted by Crippen LogP contribution is -2.21. The first kappa shape index (κ1) is 12.1. The molecule has 6 heteroatoms. The third-order valence-electron chi connectivity index (χ3n) is 3.15. The predicted octanol–water partition coefficient (Wildman–Crippen LogP) is 1.68. The van der Waals surface area contributed by atoms with E-state index in [2.05, 4.69) is 5.10 Å². The average molecular weight is 264 g/mol. The normalized spacial score (nSPS) is 18.9. The van der Waals surface area contributed by atoms with Crippen LogP contribution in [0.4, 0.5) is 4.39 Å². The molecule has 1 aliphatic heterocycles. The van der Waals surface area contributed by atoms with Crippen molar-refractivity contribution in [1.82, 2.24) is 9.78 Å². The number of rotatable bonds is 3. The molecule has 0 N–H and O–H groups in total. The van der Waals surface area contributed by atoms with Gasteiger partial charge in [-0.05, 0) is 30.7 Å². The number of benzene rings is 1. The molecule has 0 amide bonds. The van der Waals surface area contributed by atoms with Crippen LogP contribution in [0.25, 0.3) is 11.5 Å². The number of ether oxygens (including phenoxy) is 1. The summed E-state index contributed by atoms with van der Waals surface area (Å²) in [6, 6.07) is 5.67. The number of hydrogen-bond donors (Lipinski definition) is 0. The van der Waals surface area contributed by atoms with Crippen LogP contribution in [-0.2, 0) is 11.3 Å². The van der Waals surface area contributed by atoms with Crippen molar-refractivity contribution in [2.24, 2.45) is 5.92 Å². The first-order chi connectivity index (χ1) is 9.22. The maximum Gasteiger partial charge on any atom is 0.437 e. The summed E-state index contributed by atoms with van der Waals surface area (Å²) in [6.45, 7) is 1.86. The summed E-state index contributed by atoms with van der Waals surface area (Å²) >= 11 is 0. The van der Waals surface area contributed by atoms with E-state index in [-0.39, 0.29) is 11.7 Å². The molecule has 1 fully saturated rings. The molecule has 1 aliphatic rings. The second-order valence-electron chi connectivity index (χ2n) is 4.59. The summed E-state index contributed by atoms with van der Waals surface area (Å²) in [4.78, 5) is 11.7. The Morgan fingerprint density at radius 3 is 2.84 bits per heavy atom. The fourth-order valence-electron chi connectivity index (χ4n) is 2.10. The summed E-state index contributed by atoms with van der Waals surface area (Å²) in [5.74, 6) is -0.326. The van der Waals surface area contributed by atoms with Gasteiger partial charge in [-0.3, -0.25) is 0 Å². The molecule has 0 aliphatic carbocycles. The fourth-order valence-corrected chi connectivity index (χ4v) is 2.10. The molecular weight excluding hydrogens is 251 g/mol. The predicted molar refractivity (Wildman–Crippen MR) is 65.1 cm³/mol. The second-order valence-corrected chi connectivity index (χ2v) is 4.59. The van der Waals surface area contributed by atoms with Crippen LogP contribution in [0.5, 0.6) is 0 Å². The zero-order valence-electron chi connectivity index (χ0n) is 10.2. The van der Waals surface area contributed by atoms with Crippen molar-refractivity contribution in [3.63, 3.8) is 0 Å². The van der Waals surface area contributed by atoms with Crippen LogP contribution in [-0.4, -0.2) is 23.0 Å². The Balaban J connectivity index is 1.84. The smallest absolute Gasteiger partial charge is 0.388 e. The van der Waals surface area contributed by atoms with Crippen LogP contribution in [0.2, 0.25) is 0 Å². The van der Waals surface area contributed by atoms with E-state index in [9.17, 15) is 9.18 Å². The summed E-state index contributed by atoms with van der Waals surface area (Å²) in [6.07, 6.45) is 0.922. The molecule has 3 rings (SSSR count). The minimum Gasteiger partial charge on any atom is -0.388 e. The van der Waals surface area contributed by atoms with Gasteiger partial charge >= 0.3 is 5.76 Å². The molecule has 2 aromatic rings. The van der Waals surface area contributed by atoms with Crippen LogP contribution in [0.1, 0.15) is 6.42 Å². The Labute approximate surface area is 108 Å². The molecule has 0 bridgehead atoms. The van der Waals surface area contributed by atoms with Crippen molar-refractivity contribution in [1.29, 1.82) is 0 Å². The van der Waals surface area contributed by atoms with E-state index in [1.807, 2.05) is 0 Å². The molecule has 5 nitrogen and oxygen atoms in total. The zero-order valence-corrected chi connectivity index (χ0v) is 10.2. The van der Waals surface area contributed by atoms with Gasteiger partial charge in [0.15, 0.2) is 0 Å². The molecular formula is C13H13FN2O3. The van der Waals surface area contributed by atoms with Gasteiger partial charge in [0.1, 0.15) is 5.82 Å². The van der Waals surface area contributed by atoms with Crippen LogP contribution < -0.4 is 5.76 Å². The van der Waals surface area contributed by atoms with Crippen molar-refractivity contribution >= 4 is 0 Å². The van der Waals surface area contributed by atoms with Gasteiger partial charge in [-0.25, -0.2) is 9.18 Å². The van der Waals surface area contributed by atoms with Crippen molar-refractivity contribution in [2.45, 2.75) is 13.0 Å². The largest absolute Gasteiger partial charge is 0.437 e. The molecule has 0 radical (unpaired) electrons. The Morgan fingerprint density at radius 1 is 1.37 bits per heavy atom. The highest BCUT2D eigenvalue weighted by Crippen LogP contribution is 2.17. The van der Waals surface area contributed by atoms with Crippen molar-refractivity contribution < 1.29 is 13.5 Å². The summed E-state index contributed by atoms with van der Waals surface area (Å²) in [5, 5.41) is 4.13. The summed E-state index contributed by atoms with van der Waals surface area (Å²) < 4.78 is 24.5. The molecule has 1 aromatic carbocycles. The number of nitrogens with zero attached hydrogens (tertiary/aromatic N) is 2. The average Bonchev–Trinajstić information content (AvgIpc) is 3.02. The summed E-state index contributed by atoms with van der Waals surface area (Å²) in [5.41, 5.74) is 0.583. The Bertz CT molecular complexity index is 612. The SMILES string of the molecule is O=c1oc(-c2ccc(F)cc2)nn1CC1CCOC1. The van der Waals surface area contributed by atoms with Gasteiger partial charge in [-0.15, -0.1) is 5.10 Å². The highest BCUT2D eigenvalue weighted by molar-refractivity contribution is 5.51. The van der Waals surface area contributed by atoms with Crippen LogP contribution in [0.3, 0.4) is 0 Å². The van der Waals surface area contributed by atoms with Crippen molar-refractivity contribution in [3.05, 3.63) is 40.6 Å². The third-order valence-corrected chi connectivity index (χ3v) is 3.15. The van der Waals surface area contributed by atoms with Gasteiger partial charge in [-0.2, -0.15) is 4.68 Å².